The second-order valence-electron chi connectivity index (χ2n) is 2.51. The van der Waals surface area contributed by atoms with E-state index in [1.54, 1.807) is 0 Å². The Bertz CT molecular complexity index is 51.4. The Morgan fingerprint density at radius 2 is 1.50 bits per heavy atom. The molecule has 0 aromatic carbocycles. The summed E-state index contributed by atoms with van der Waals surface area (Å²) in [6, 6.07) is 0. The second-order valence-corrected chi connectivity index (χ2v) is 2.51. The molecule has 8 heavy (non-hydrogen) atoms. The average molecular weight is 115 g/mol. The Morgan fingerprint density at radius 1 is 1.25 bits per heavy atom. The summed E-state index contributed by atoms with van der Waals surface area (Å²) >= 11 is 0. The zero-order chi connectivity index (χ0) is 6.62. The van der Waals surface area contributed by atoms with E-state index < -0.39 is 0 Å². The zero-order valence-corrected chi connectivity index (χ0v) is 6.20. The van der Waals surface area contributed by atoms with Gasteiger partial charge in [-0.25, -0.2) is 0 Å². The zero-order valence-electron chi connectivity index (χ0n) is 6.20. The van der Waals surface area contributed by atoms with Crippen molar-refractivity contribution in [2.24, 2.45) is 5.73 Å². The summed E-state index contributed by atoms with van der Waals surface area (Å²) in [5.41, 5.74) is 5.84. The highest BCUT2D eigenvalue weighted by atomic mass is 14.7. The largest absolute Gasteiger partial charge is 0.325 e. The molecule has 0 spiro atoms. The van der Waals surface area contributed by atoms with E-state index in [9.17, 15) is 0 Å². The molecule has 0 saturated heterocycles. The summed E-state index contributed by atoms with van der Waals surface area (Å²) < 4.78 is 0. The van der Waals surface area contributed by atoms with Crippen LogP contribution in [0.25, 0.3) is 0 Å². The van der Waals surface area contributed by atoms with Gasteiger partial charge in [-0.05, 0) is 26.2 Å². The normalized spacial score (nSPS) is 22.5. The van der Waals surface area contributed by atoms with Gasteiger partial charge in [0.1, 0.15) is 0 Å². The Kier molecular flexibility index (Phi) is 3.06. The van der Waals surface area contributed by atoms with E-state index >= 15 is 0 Å². The van der Waals surface area contributed by atoms with Gasteiger partial charge in [-0.1, -0.05) is 13.8 Å². The van der Waals surface area contributed by atoms with Gasteiger partial charge < -0.3 is 5.73 Å². The average Bonchev–Trinajstić information content (AvgIpc) is 1.69. The van der Waals surface area contributed by atoms with Crippen LogP contribution in [0.5, 0.6) is 0 Å². The fourth-order valence-electron chi connectivity index (χ4n) is 0.734. The van der Waals surface area contributed by atoms with Gasteiger partial charge in [-0.15, -0.1) is 0 Å². The number of nitrogens with two attached hydrogens (primary N) is 1. The molecule has 0 aromatic heterocycles. The molecular formula is C7H17N. The summed E-state index contributed by atoms with van der Waals surface area (Å²) in [6.45, 7) is 6.11. The molecule has 1 aliphatic carbocycles. The molecule has 0 aromatic rings. The summed E-state index contributed by atoms with van der Waals surface area (Å²) in [4.78, 5) is 0. The SMILES string of the molecule is CC.CC1(N)CCC1. The molecule has 1 heteroatoms. The summed E-state index contributed by atoms with van der Waals surface area (Å²) in [5, 5.41) is 0. The lowest BCUT2D eigenvalue weighted by Crippen LogP contribution is -2.42. The van der Waals surface area contributed by atoms with Crippen molar-refractivity contribution < 1.29 is 0 Å². The third-order valence-corrected chi connectivity index (χ3v) is 1.50. The van der Waals surface area contributed by atoms with Crippen LogP contribution in [0.2, 0.25) is 0 Å². The van der Waals surface area contributed by atoms with Crippen LogP contribution in [-0.4, -0.2) is 5.54 Å². The van der Waals surface area contributed by atoms with Crippen LogP contribution in [0.1, 0.15) is 40.0 Å². The van der Waals surface area contributed by atoms with E-state index in [4.69, 9.17) is 5.73 Å². The predicted octanol–water partition coefficient (Wildman–Crippen LogP) is 1.91. The third kappa shape index (κ3) is 2.31. The second kappa shape index (κ2) is 3.08. The van der Waals surface area contributed by atoms with Crippen LogP contribution in [0.3, 0.4) is 0 Å². The number of hydrogen-bond acceptors (Lipinski definition) is 1. The van der Waals surface area contributed by atoms with Crippen LogP contribution in [0.15, 0.2) is 0 Å². The molecule has 0 heterocycles. The van der Waals surface area contributed by atoms with Gasteiger partial charge in [-0.3, -0.25) is 0 Å². The van der Waals surface area contributed by atoms with E-state index in [1.807, 2.05) is 13.8 Å². The van der Waals surface area contributed by atoms with Crippen LogP contribution >= 0.6 is 0 Å². The minimum atomic E-state index is 0.222. The highest BCUT2D eigenvalue weighted by Crippen LogP contribution is 2.27. The molecule has 1 rings (SSSR count). The minimum absolute atomic E-state index is 0.222. The Labute approximate surface area is 52.3 Å². The molecule has 1 fully saturated rings. The molecule has 0 amide bonds. The van der Waals surface area contributed by atoms with Crippen LogP contribution in [0.4, 0.5) is 0 Å². The monoisotopic (exact) mass is 115 g/mol. The van der Waals surface area contributed by atoms with Gasteiger partial charge in [0, 0.05) is 5.54 Å². The molecule has 1 nitrogen and oxygen atoms in total. The molecule has 0 radical (unpaired) electrons. The van der Waals surface area contributed by atoms with Crippen LogP contribution in [0, 0.1) is 0 Å². The molecule has 2 N–H and O–H groups in total. The Morgan fingerprint density at radius 3 is 1.50 bits per heavy atom. The van der Waals surface area contributed by atoms with Gasteiger partial charge >= 0.3 is 0 Å². The third-order valence-electron chi connectivity index (χ3n) is 1.50. The lowest BCUT2D eigenvalue weighted by atomic mass is 9.80. The van der Waals surface area contributed by atoms with E-state index in [2.05, 4.69) is 6.92 Å². The molecule has 1 aliphatic rings. The predicted molar refractivity (Wildman–Crippen MR) is 37.8 cm³/mol. The summed E-state index contributed by atoms with van der Waals surface area (Å²) in [6.07, 6.45) is 3.80. The van der Waals surface area contributed by atoms with Crippen molar-refractivity contribution in [1.82, 2.24) is 0 Å². The maximum Gasteiger partial charge on any atom is 0.0125 e. The fraction of sp³-hybridized carbons (Fsp3) is 1.00. The summed E-state index contributed by atoms with van der Waals surface area (Å²) in [5.74, 6) is 0. The lowest BCUT2D eigenvalue weighted by Gasteiger charge is -2.33. The van der Waals surface area contributed by atoms with Gasteiger partial charge in [0.2, 0.25) is 0 Å². The maximum atomic E-state index is 5.62. The molecule has 0 aliphatic heterocycles. The van der Waals surface area contributed by atoms with Crippen molar-refractivity contribution in [3.05, 3.63) is 0 Å². The van der Waals surface area contributed by atoms with E-state index in [0.29, 0.717) is 0 Å². The maximum absolute atomic E-state index is 5.62. The van der Waals surface area contributed by atoms with Crippen molar-refractivity contribution in [1.29, 1.82) is 0 Å². The minimum Gasteiger partial charge on any atom is -0.325 e. The van der Waals surface area contributed by atoms with Crippen molar-refractivity contribution in [3.63, 3.8) is 0 Å². The molecular weight excluding hydrogens is 98.1 g/mol. The van der Waals surface area contributed by atoms with E-state index in [1.165, 1.54) is 19.3 Å². The standard InChI is InChI=1S/C5H11N.C2H6/c1-5(6)3-2-4-5;1-2/h2-4,6H2,1H3;1-2H3. The first-order valence-electron chi connectivity index (χ1n) is 3.50. The van der Waals surface area contributed by atoms with Gasteiger partial charge in [-0.2, -0.15) is 0 Å². The number of rotatable bonds is 0. The van der Waals surface area contributed by atoms with Crippen LogP contribution in [-0.2, 0) is 0 Å². The number of hydrogen-bond donors (Lipinski definition) is 1. The molecule has 1 saturated carbocycles. The van der Waals surface area contributed by atoms with Crippen molar-refractivity contribution >= 4 is 0 Å². The molecule has 0 bridgehead atoms. The Hall–Kier alpha value is -0.0400. The molecule has 50 valence electrons. The van der Waals surface area contributed by atoms with Crippen LogP contribution < -0.4 is 5.73 Å². The molecule has 0 unspecified atom stereocenters. The first-order chi connectivity index (χ1) is 3.71. The van der Waals surface area contributed by atoms with Crippen molar-refractivity contribution in [2.75, 3.05) is 0 Å². The topological polar surface area (TPSA) is 26.0 Å². The van der Waals surface area contributed by atoms with Crippen molar-refractivity contribution in [2.45, 2.75) is 45.6 Å². The van der Waals surface area contributed by atoms with E-state index in [-0.39, 0.29) is 5.54 Å². The smallest absolute Gasteiger partial charge is 0.0125 e. The lowest BCUT2D eigenvalue weighted by molar-refractivity contribution is 0.277. The molecule has 0 atom stereocenters. The highest BCUT2D eigenvalue weighted by molar-refractivity contribution is 4.86. The summed E-state index contributed by atoms with van der Waals surface area (Å²) in [7, 11) is 0. The first-order valence-corrected chi connectivity index (χ1v) is 3.50. The quantitative estimate of drug-likeness (QED) is 0.512. The van der Waals surface area contributed by atoms with Gasteiger partial charge in [0.05, 0.1) is 0 Å². The van der Waals surface area contributed by atoms with Gasteiger partial charge in [0.15, 0.2) is 0 Å². The first kappa shape index (κ1) is 7.96. The van der Waals surface area contributed by atoms with E-state index in [0.717, 1.165) is 0 Å². The highest BCUT2D eigenvalue weighted by Gasteiger charge is 2.25. The van der Waals surface area contributed by atoms with Crippen molar-refractivity contribution in [3.8, 4) is 0 Å². The van der Waals surface area contributed by atoms with Gasteiger partial charge in [0.25, 0.3) is 0 Å². The Balaban J connectivity index is 0.000000222. The fourth-order valence-corrected chi connectivity index (χ4v) is 0.734.